The van der Waals surface area contributed by atoms with Crippen molar-refractivity contribution in [3.05, 3.63) is 52.7 Å². The van der Waals surface area contributed by atoms with E-state index in [1.807, 2.05) is 23.1 Å². The van der Waals surface area contributed by atoms with Gasteiger partial charge in [-0.15, -0.1) is 9.24 Å². The van der Waals surface area contributed by atoms with Gasteiger partial charge in [-0.1, -0.05) is 24.6 Å². The molecule has 2 aromatic rings. The van der Waals surface area contributed by atoms with Crippen LogP contribution in [0, 0.1) is 5.92 Å². The van der Waals surface area contributed by atoms with Gasteiger partial charge in [0.05, 0.1) is 12.7 Å². The number of carboxylic acids is 1. The number of halogens is 1. The first kappa shape index (κ1) is 29.4. The van der Waals surface area contributed by atoms with Gasteiger partial charge < -0.3 is 19.9 Å². The van der Waals surface area contributed by atoms with Crippen molar-refractivity contribution in [3.63, 3.8) is 0 Å². The Morgan fingerprint density at radius 2 is 2.08 bits per heavy atom. The van der Waals surface area contributed by atoms with Crippen LogP contribution in [0.2, 0.25) is 0 Å². The van der Waals surface area contributed by atoms with Gasteiger partial charge in [0.1, 0.15) is 18.0 Å². The summed E-state index contributed by atoms with van der Waals surface area (Å²) in [4.78, 5) is 19.3. The van der Waals surface area contributed by atoms with Crippen LogP contribution in [-0.2, 0) is 33.7 Å². The van der Waals surface area contributed by atoms with E-state index in [9.17, 15) is 9.90 Å². The number of nitrogens with one attached hydrogen (secondary N) is 1. The van der Waals surface area contributed by atoms with Crippen LogP contribution in [0.5, 0.6) is 0 Å². The summed E-state index contributed by atoms with van der Waals surface area (Å²) in [6.07, 6.45) is 6.87. The van der Waals surface area contributed by atoms with Crippen molar-refractivity contribution in [1.29, 1.82) is 0 Å². The number of carboxylic acid groups (broad SMARTS) is 1. The highest BCUT2D eigenvalue weighted by Crippen LogP contribution is 2.34. The topological polar surface area (TPSA) is 83.9 Å². The smallest absolute Gasteiger partial charge is 0.325 e. The minimum atomic E-state index is -0.929. The predicted octanol–water partition coefficient (Wildman–Crippen LogP) is 4.83. The zero-order valence-electron chi connectivity index (χ0n) is 23.3. The number of ether oxygens (including phenoxy) is 2. The molecule has 1 aromatic carbocycles. The second-order valence-electron chi connectivity index (χ2n) is 11.5. The number of hydrogen-bond donors (Lipinski definition) is 2. The Bertz CT molecular complexity index is 1150. The second-order valence-corrected chi connectivity index (χ2v) is 12.1. The Hall–Kier alpha value is -2.12. The molecule has 7 nitrogen and oxygen atoms in total. The molecule has 40 heavy (non-hydrogen) atoms. The van der Waals surface area contributed by atoms with Crippen LogP contribution in [0.25, 0.3) is 0 Å². The van der Waals surface area contributed by atoms with Gasteiger partial charge in [0.2, 0.25) is 0 Å². The minimum absolute atomic E-state index is 0.128. The molecule has 3 aliphatic rings. The van der Waals surface area contributed by atoms with E-state index in [-0.39, 0.29) is 12.0 Å². The molecule has 0 saturated carbocycles. The quantitative estimate of drug-likeness (QED) is 0.279. The number of unbranched alkanes of at least 4 members (excludes halogenated alkanes) is 1. The number of anilines is 1. The van der Waals surface area contributed by atoms with E-state index in [2.05, 4.69) is 26.7 Å². The molecule has 2 saturated heterocycles. The normalized spacial score (nSPS) is 21.5. The Labute approximate surface area is 239 Å². The van der Waals surface area contributed by atoms with Gasteiger partial charge in [0.15, 0.2) is 0 Å². The fourth-order valence-electron chi connectivity index (χ4n) is 6.27. The molecule has 0 aliphatic carbocycles. The number of nitrogens with zero attached hydrogens (tertiary/aromatic N) is 2. The summed E-state index contributed by atoms with van der Waals surface area (Å²) in [6.45, 7) is 3.77. The first-order valence-corrected chi connectivity index (χ1v) is 15.5. The lowest BCUT2D eigenvalue weighted by molar-refractivity contribution is -0.143. The van der Waals surface area contributed by atoms with Crippen molar-refractivity contribution < 1.29 is 23.8 Å². The molecule has 2 fully saturated rings. The number of carbonyl (C=O) groups is 1. The number of alkyl halides is 1. The number of hydrogen-bond acceptors (Lipinski definition) is 6. The summed E-state index contributed by atoms with van der Waals surface area (Å²) < 4.78 is 26.9. The SMILES string of the molecule is O=C(O)[C@@H](c1cc(P)ccc1COC1CCOCC1)N1CCC([C@@H](F)CCCCc2ccc3c(n2)NCCC3)C1. The van der Waals surface area contributed by atoms with Crippen molar-refractivity contribution in [1.82, 2.24) is 9.88 Å². The van der Waals surface area contributed by atoms with Crippen molar-refractivity contribution in [2.24, 2.45) is 5.92 Å². The maximum Gasteiger partial charge on any atom is 0.325 e. The van der Waals surface area contributed by atoms with Crippen molar-refractivity contribution in [2.75, 3.05) is 38.2 Å². The van der Waals surface area contributed by atoms with Gasteiger partial charge in [0.25, 0.3) is 0 Å². The molecule has 0 spiro atoms. The highest BCUT2D eigenvalue weighted by Gasteiger charge is 2.37. The fraction of sp³-hybridized carbons (Fsp3) is 0.613. The van der Waals surface area contributed by atoms with Crippen molar-refractivity contribution >= 4 is 26.3 Å². The van der Waals surface area contributed by atoms with Crippen LogP contribution in [0.3, 0.4) is 0 Å². The summed E-state index contributed by atoms with van der Waals surface area (Å²) in [7, 11) is 2.66. The van der Waals surface area contributed by atoms with Gasteiger partial charge in [-0.2, -0.15) is 0 Å². The van der Waals surface area contributed by atoms with E-state index < -0.39 is 18.2 Å². The van der Waals surface area contributed by atoms with Crippen LogP contribution >= 0.6 is 9.24 Å². The molecule has 4 heterocycles. The van der Waals surface area contributed by atoms with Gasteiger partial charge in [0, 0.05) is 37.9 Å². The molecule has 2 unspecified atom stereocenters. The number of fused-ring (bicyclic) bond motifs is 1. The summed E-state index contributed by atoms with van der Waals surface area (Å²) in [5.41, 5.74) is 3.98. The largest absolute Gasteiger partial charge is 0.480 e. The molecule has 9 heteroatoms. The average molecular weight is 572 g/mol. The Morgan fingerprint density at radius 3 is 2.90 bits per heavy atom. The highest BCUT2D eigenvalue weighted by molar-refractivity contribution is 7.27. The maximum atomic E-state index is 15.3. The highest BCUT2D eigenvalue weighted by atomic mass is 31.0. The summed E-state index contributed by atoms with van der Waals surface area (Å²) in [5.74, 6) is -0.0308. The van der Waals surface area contributed by atoms with Crippen LogP contribution in [0.15, 0.2) is 30.3 Å². The van der Waals surface area contributed by atoms with Gasteiger partial charge in [-0.25, -0.2) is 9.37 Å². The van der Waals surface area contributed by atoms with Crippen LogP contribution < -0.4 is 10.6 Å². The molecule has 5 rings (SSSR count). The zero-order chi connectivity index (χ0) is 27.9. The van der Waals surface area contributed by atoms with Crippen molar-refractivity contribution in [2.45, 2.75) is 82.7 Å². The van der Waals surface area contributed by atoms with Crippen molar-refractivity contribution in [3.8, 4) is 0 Å². The zero-order valence-corrected chi connectivity index (χ0v) is 24.5. The first-order chi connectivity index (χ1) is 19.5. The maximum absolute atomic E-state index is 15.3. The number of aromatic nitrogens is 1. The number of rotatable bonds is 12. The van der Waals surface area contributed by atoms with Gasteiger partial charge in [-0.05, 0) is 92.0 Å². The summed E-state index contributed by atoms with van der Waals surface area (Å²) in [5, 5.41) is 14.6. The molecule has 2 N–H and O–H groups in total. The van der Waals surface area contributed by atoms with E-state index in [1.165, 1.54) is 5.56 Å². The van der Waals surface area contributed by atoms with E-state index in [0.717, 1.165) is 79.4 Å². The number of pyridine rings is 1. The molecule has 1 aromatic heterocycles. The minimum Gasteiger partial charge on any atom is -0.480 e. The van der Waals surface area contributed by atoms with Gasteiger partial charge in [-0.3, -0.25) is 9.69 Å². The summed E-state index contributed by atoms with van der Waals surface area (Å²) >= 11 is 0. The average Bonchev–Trinajstić information content (AvgIpc) is 3.45. The number of likely N-dealkylation sites (tertiary alicyclic amines) is 1. The van der Waals surface area contributed by atoms with Crippen LogP contribution in [0.1, 0.15) is 73.4 Å². The standard InChI is InChI=1S/C31H43FN3O4P/c32-28(6-2-1-5-24-9-7-21-4-3-14-33-30(21)34-24)22-11-15-35(19-22)29(31(36)37)27-18-26(40)10-8-23(27)20-39-25-12-16-38-17-13-25/h7-10,18,22,25,28-29H,1-6,11-17,19-20,40H2,(H,33,34)(H,36,37)/t22?,28-,29+/m0/s1. The van der Waals surface area contributed by atoms with E-state index in [1.54, 1.807) is 0 Å². The third-order valence-electron chi connectivity index (χ3n) is 8.59. The van der Waals surface area contributed by atoms with Crippen LogP contribution in [0.4, 0.5) is 10.2 Å². The molecule has 0 amide bonds. The van der Waals surface area contributed by atoms with Crippen LogP contribution in [-0.4, -0.2) is 66.1 Å². The number of aliphatic carboxylic acids is 1. The molecule has 218 valence electrons. The monoisotopic (exact) mass is 571 g/mol. The Kier molecular flexibility index (Phi) is 10.4. The molecule has 4 atom stereocenters. The van der Waals surface area contributed by atoms with E-state index >= 15 is 4.39 Å². The molecule has 0 radical (unpaired) electrons. The lowest BCUT2D eigenvalue weighted by Gasteiger charge is -2.28. The fourth-order valence-corrected chi connectivity index (χ4v) is 6.55. The third-order valence-corrected chi connectivity index (χ3v) is 8.95. The molecule has 0 bridgehead atoms. The predicted molar refractivity (Wildman–Crippen MR) is 158 cm³/mol. The third kappa shape index (κ3) is 7.58. The van der Waals surface area contributed by atoms with Gasteiger partial charge >= 0.3 is 5.97 Å². The lowest BCUT2D eigenvalue weighted by atomic mass is 9.96. The second kappa shape index (κ2) is 14.2. The van der Waals surface area contributed by atoms with E-state index in [0.29, 0.717) is 45.8 Å². The first-order valence-electron chi connectivity index (χ1n) is 14.9. The molecule has 3 aliphatic heterocycles. The number of benzene rings is 1. The Balaban J connectivity index is 1.14. The lowest BCUT2D eigenvalue weighted by Crippen LogP contribution is -2.34. The Morgan fingerprint density at radius 1 is 1.23 bits per heavy atom. The molecular formula is C31H43FN3O4P. The number of aryl methyl sites for hydroxylation is 2. The summed E-state index contributed by atoms with van der Waals surface area (Å²) in [6, 6.07) is 9.32. The molecular weight excluding hydrogens is 528 g/mol. The van der Waals surface area contributed by atoms with E-state index in [4.69, 9.17) is 14.5 Å².